The molecule has 0 amide bonds. The van der Waals surface area contributed by atoms with Crippen LogP contribution in [0, 0.1) is 0 Å². The van der Waals surface area contributed by atoms with Gasteiger partial charge in [0.05, 0.1) is 0 Å². The molecular formula is C10H26N4P2. The number of hydrogen-bond acceptors (Lipinski definition) is 4. The fourth-order valence-corrected chi connectivity index (χ4v) is 8.82. The zero-order valence-electron chi connectivity index (χ0n) is 11.5. The first-order chi connectivity index (χ1) is 7.62. The van der Waals surface area contributed by atoms with E-state index in [0.717, 1.165) is 26.2 Å². The first-order valence-electron chi connectivity index (χ1n) is 6.19. The second kappa shape index (κ2) is 6.58. The van der Waals surface area contributed by atoms with Crippen molar-refractivity contribution in [2.45, 2.75) is 27.7 Å². The van der Waals surface area contributed by atoms with Gasteiger partial charge >= 0.3 is 0 Å². The summed E-state index contributed by atoms with van der Waals surface area (Å²) < 4.78 is 10.3. The molecule has 1 fully saturated rings. The van der Waals surface area contributed by atoms with Gasteiger partial charge in [0, 0.05) is 26.2 Å². The zero-order valence-corrected chi connectivity index (χ0v) is 13.3. The van der Waals surface area contributed by atoms with E-state index in [-0.39, 0.29) is 16.7 Å². The van der Waals surface area contributed by atoms with Crippen LogP contribution < -0.4 is 0 Å². The predicted molar refractivity (Wildman–Crippen MR) is 75.2 cm³/mol. The highest BCUT2D eigenvalue weighted by Gasteiger charge is 2.47. The minimum Gasteiger partial charge on any atom is -0.257 e. The SMILES string of the molecule is CCN(CC)P1N(C)P(N(CC)CC)N1C. The molecule has 0 atom stereocenters. The van der Waals surface area contributed by atoms with Crippen LogP contribution in [0.3, 0.4) is 0 Å². The minimum atomic E-state index is -0.180. The van der Waals surface area contributed by atoms with E-state index in [2.05, 4.69) is 60.0 Å². The molecule has 1 aliphatic heterocycles. The Morgan fingerprint density at radius 1 is 0.688 bits per heavy atom. The molecule has 0 aromatic heterocycles. The van der Waals surface area contributed by atoms with Gasteiger partial charge in [-0.2, -0.15) is 0 Å². The molecule has 16 heavy (non-hydrogen) atoms. The summed E-state index contributed by atoms with van der Waals surface area (Å²) in [5, 5.41) is 0. The molecule has 1 aliphatic rings. The monoisotopic (exact) mass is 264 g/mol. The van der Waals surface area contributed by atoms with Crippen molar-refractivity contribution in [3.63, 3.8) is 0 Å². The molecule has 0 aromatic rings. The first-order valence-corrected chi connectivity index (χ1v) is 8.59. The van der Waals surface area contributed by atoms with E-state index in [4.69, 9.17) is 0 Å². The Balaban J connectivity index is 2.63. The van der Waals surface area contributed by atoms with Crippen LogP contribution in [0.15, 0.2) is 0 Å². The van der Waals surface area contributed by atoms with Crippen LogP contribution in [0.5, 0.6) is 0 Å². The molecule has 4 nitrogen and oxygen atoms in total. The highest BCUT2D eigenvalue weighted by Crippen LogP contribution is 2.76. The zero-order chi connectivity index (χ0) is 12.3. The van der Waals surface area contributed by atoms with Crippen LogP contribution in [0.1, 0.15) is 27.7 Å². The van der Waals surface area contributed by atoms with Gasteiger partial charge in [0.15, 0.2) is 0 Å². The van der Waals surface area contributed by atoms with Crippen molar-refractivity contribution in [2.75, 3.05) is 40.3 Å². The standard InChI is InChI=1S/C10H26N4P2/c1-7-13(8-2)15-11(5)16(12(15)6)14(9-3)10-4/h7-10H2,1-6H3. The maximum absolute atomic E-state index is 2.59. The lowest BCUT2D eigenvalue weighted by molar-refractivity contribution is 0.395. The molecule has 0 saturated carbocycles. The molecule has 6 heteroatoms. The highest BCUT2D eigenvalue weighted by atomic mass is 31.3. The van der Waals surface area contributed by atoms with Crippen LogP contribution in [-0.4, -0.2) is 58.5 Å². The third-order valence-electron chi connectivity index (χ3n) is 3.00. The Labute approximate surface area is 103 Å². The molecule has 1 rings (SSSR count). The third-order valence-corrected chi connectivity index (χ3v) is 9.14. The van der Waals surface area contributed by atoms with Crippen LogP contribution in [0.4, 0.5) is 0 Å². The van der Waals surface area contributed by atoms with Gasteiger partial charge in [-0.3, -0.25) is 9.34 Å². The predicted octanol–water partition coefficient (Wildman–Crippen LogP) is 3.00. The average molecular weight is 264 g/mol. The Bertz CT molecular complexity index is 179. The molecular weight excluding hydrogens is 238 g/mol. The van der Waals surface area contributed by atoms with E-state index in [1.165, 1.54) is 0 Å². The fraction of sp³-hybridized carbons (Fsp3) is 1.00. The van der Waals surface area contributed by atoms with E-state index < -0.39 is 0 Å². The molecule has 0 radical (unpaired) electrons. The lowest BCUT2D eigenvalue weighted by atomic mass is 10.7. The van der Waals surface area contributed by atoms with Gasteiger partial charge in [-0.1, -0.05) is 27.7 Å². The van der Waals surface area contributed by atoms with E-state index >= 15 is 0 Å². The van der Waals surface area contributed by atoms with Gasteiger partial charge in [-0.25, -0.2) is 8.88 Å². The molecule has 0 N–H and O–H groups in total. The van der Waals surface area contributed by atoms with Crippen molar-refractivity contribution >= 4 is 16.7 Å². The normalized spacial score (nSPS) is 27.8. The van der Waals surface area contributed by atoms with Gasteiger partial charge < -0.3 is 0 Å². The lowest BCUT2D eigenvalue weighted by Gasteiger charge is -2.59. The second-order valence-electron chi connectivity index (χ2n) is 3.79. The maximum Gasteiger partial charge on any atom is 0.131 e. The van der Waals surface area contributed by atoms with Crippen molar-refractivity contribution in [1.82, 2.24) is 18.2 Å². The van der Waals surface area contributed by atoms with Crippen LogP contribution in [0.25, 0.3) is 0 Å². The number of nitrogens with zero attached hydrogens (tertiary/aromatic N) is 4. The Hall–Kier alpha value is 0.700. The van der Waals surface area contributed by atoms with E-state index in [0.29, 0.717) is 0 Å². The first kappa shape index (κ1) is 14.8. The van der Waals surface area contributed by atoms with Crippen molar-refractivity contribution in [3.8, 4) is 0 Å². The minimum absolute atomic E-state index is 0.180. The Kier molecular flexibility index (Phi) is 6.07. The molecule has 0 bridgehead atoms. The van der Waals surface area contributed by atoms with E-state index in [9.17, 15) is 0 Å². The van der Waals surface area contributed by atoms with Crippen LogP contribution in [-0.2, 0) is 0 Å². The summed E-state index contributed by atoms with van der Waals surface area (Å²) in [6.07, 6.45) is 0. The maximum atomic E-state index is 2.59. The second-order valence-corrected chi connectivity index (χ2v) is 9.03. The summed E-state index contributed by atoms with van der Waals surface area (Å²) >= 11 is 0. The van der Waals surface area contributed by atoms with Crippen molar-refractivity contribution < 1.29 is 0 Å². The molecule has 0 aliphatic carbocycles. The Morgan fingerprint density at radius 2 is 0.938 bits per heavy atom. The van der Waals surface area contributed by atoms with Gasteiger partial charge in [0.25, 0.3) is 0 Å². The quantitative estimate of drug-likeness (QED) is 0.684. The van der Waals surface area contributed by atoms with Gasteiger partial charge in [0.2, 0.25) is 0 Å². The van der Waals surface area contributed by atoms with Gasteiger partial charge in [-0.15, -0.1) is 0 Å². The van der Waals surface area contributed by atoms with Crippen molar-refractivity contribution in [3.05, 3.63) is 0 Å². The molecule has 1 saturated heterocycles. The molecule has 0 aromatic carbocycles. The smallest absolute Gasteiger partial charge is 0.131 e. The summed E-state index contributed by atoms with van der Waals surface area (Å²) in [7, 11) is 4.21. The van der Waals surface area contributed by atoms with Crippen molar-refractivity contribution in [1.29, 1.82) is 0 Å². The van der Waals surface area contributed by atoms with Gasteiger partial charge in [0.1, 0.15) is 16.7 Å². The van der Waals surface area contributed by atoms with E-state index in [1.807, 2.05) is 0 Å². The summed E-state index contributed by atoms with van der Waals surface area (Å²) in [4.78, 5) is 0. The summed E-state index contributed by atoms with van der Waals surface area (Å²) in [5.41, 5.74) is 0. The summed E-state index contributed by atoms with van der Waals surface area (Å²) in [6.45, 7) is 13.6. The lowest BCUT2D eigenvalue weighted by Crippen LogP contribution is -2.45. The fourth-order valence-electron chi connectivity index (χ4n) is 2.17. The molecule has 96 valence electrons. The Morgan fingerprint density at radius 3 is 1.12 bits per heavy atom. The van der Waals surface area contributed by atoms with E-state index in [1.54, 1.807) is 0 Å². The van der Waals surface area contributed by atoms with Crippen molar-refractivity contribution in [2.24, 2.45) is 0 Å². The topological polar surface area (TPSA) is 13.0 Å². The molecule has 0 unspecified atom stereocenters. The molecule has 1 heterocycles. The number of rotatable bonds is 6. The largest absolute Gasteiger partial charge is 0.257 e. The third kappa shape index (κ3) is 2.58. The van der Waals surface area contributed by atoms with Gasteiger partial charge in [-0.05, 0) is 14.1 Å². The summed E-state index contributed by atoms with van der Waals surface area (Å²) in [5.74, 6) is 0. The number of hydrogen-bond donors (Lipinski definition) is 0. The van der Waals surface area contributed by atoms with Crippen LogP contribution in [0.2, 0.25) is 0 Å². The van der Waals surface area contributed by atoms with Crippen LogP contribution >= 0.6 is 16.7 Å². The molecule has 0 spiro atoms. The average Bonchev–Trinajstić information content (AvgIpc) is 2.32. The highest BCUT2D eigenvalue weighted by molar-refractivity contribution is 7.80. The summed E-state index contributed by atoms with van der Waals surface area (Å²) in [6, 6.07) is 0.